The fourth-order valence-corrected chi connectivity index (χ4v) is 2.54. The van der Waals surface area contributed by atoms with Gasteiger partial charge in [0.2, 0.25) is 0 Å². The lowest BCUT2D eigenvalue weighted by atomic mass is 10.0. The van der Waals surface area contributed by atoms with E-state index in [1.807, 2.05) is 30.3 Å². The number of halogens is 2. The standard InChI is InChI=1S/C16H17BrClNO/c1-3-16(11-4-7-13(20-2)8-5-11)19-12-6-9-15(18)14(17)10-12/h4-10,16,19H,3H2,1-2H3. The highest BCUT2D eigenvalue weighted by Gasteiger charge is 2.10. The third-order valence-electron chi connectivity index (χ3n) is 3.19. The van der Waals surface area contributed by atoms with E-state index in [1.54, 1.807) is 7.11 Å². The van der Waals surface area contributed by atoms with Gasteiger partial charge in [0, 0.05) is 10.2 Å². The molecule has 2 aromatic rings. The van der Waals surface area contributed by atoms with Crippen LogP contribution in [-0.4, -0.2) is 7.11 Å². The van der Waals surface area contributed by atoms with Crippen molar-refractivity contribution >= 4 is 33.2 Å². The quantitative estimate of drug-likeness (QED) is 0.746. The van der Waals surface area contributed by atoms with E-state index in [0.29, 0.717) is 5.02 Å². The van der Waals surface area contributed by atoms with Gasteiger partial charge in [-0.15, -0.1) is 0 Å². The van der Waals surface area contributed by atoms with Gasteiger partial charge in [0.1, 0.15) is 5.75 Å². The van der Waals surface area contributed by atoms with Crippen LogP contribution in [-0.2, 0) is 0 Å². The monoisotopic (exact) mass is 353 g/mol. The zero-order valence-corrected chi connectivity index (χ0v) is 13.8. The Bertz CT molecular complexity index is 571. The molecule has 0 bridgehead atoms. The number of hydrogen-bond acceptors (Lipinski definition) is 2. The first-order valence-electron chi connectivity index (χ1n) is 6.49. The van der Waals surface area contributed by atoms with Crippen LogP contribution in [0.15, 0.2) is 46.9 Å². The van der Waals surface area contributed by atoms with Gasteiger partial charge in [-0.05, 0) is 58.2 Å². The summed E-state index contributed by atoms with van der Waals surface area (Å²) in [5.74, 6) is 0.873. The van der Waals surface area contributed by atoms with Crippen molar-refractivity contribution in [2.75, 3.05) is 12.4 Å². The molecule has 20 heavy (non-hydrogen) atoms. The maximum Gasteiger partial charge on any atom is 0.118 e. The van der Waals surface area contributed by atoms with Crippen molar-refractivity contribution in [1.29, 1.82) is 0 Å². The van der Waals surface area contributed by atoms with Gasteiger partial charge in [-0.2, -0.15) is 0 Å². The van der Waals surface area contributed by atoms with E-state index in [4.69, 9.17) is 16.3 Å². The van der Waals surface area contributed by atoms with Crippen LogP contribution in [0.3, 0.4) is 0 Å². The minimum atomic E-state index is 0.258. The maximum absolute atomic E-state index is 6.01. The predicted molar refractivity (Wildman–Crippen MR) is 88.8 cm³/mol. The molecule has 0 aromatic heterocycles. The minimum Gasteiger partial charge on any atom is -0.497 e. The van der Waals surface area contributed by atoms with E-state index >= 15 is 0 Å². The highest BCUT2D eigenvalue weighted by molar-refractivity contribution is 9.10. The zero-order chi connectivity index (χ0) is 14.5. The number of methoxy groups -OCH3 is 1. The lowest BCUT2D eigenvalue weighted by molar-refractivity contribution is 0.414. The van der Waals surface area contributed by atoms with E-state index in [-0.39, 0.29) is 6.04 Å². The number of rotatable bonds is 5. The van der Waals surface area contributed by atoms with Crippen molar-refractivity contribution < 1.29 is 4.74 Å². The lowest BCUT2D eigenvalue weighted by Crippen LogP contribution is -2.09. The van der Waals surface area contributed by atoms with Gasteiger partial charge in [0.05, 0.1) is 18.2 Å². The Balaban J connectivity index is 2.16. The van der Waals surface area contributed by atoms with Crippen LogP contribution in [0.5, 0.6) is 5.75 Å². The Hall–Kier alpha value is -1.19. The molecule has 0 aliphatic carbocycles. The summed E-state index contributed by atoms with van der Waals surface area (Å²) in [7, 11) is 1.68. The molecule has 0 amide bonds. The fourth-order valence-electron chi connectivity index (χ4n) is 2.04. The van der Waals surface area contributed by atoms with Crippen molar-refractivity contribution in [3.8, 4) is 5.75 Å². The van der Waals surface area contributed by atoms with Crippen molar-refractivity contribution in [2.45, 2.75) is 19.4 Å². The third kappa shape index (κ3) is 3.68. The molecule has 106 valence electrons. The maximum atomic E-state index is 6.01. The molecular weight excluding hydrogens is 338 g/mol. The minimum absolute atomic E-state index is 0.258. The molecule has 1 unspecified atom stereocenters. The molecule has 2 rings (SSSR count). The molecule has 0 spiro atoms. The number of nitrogens with one attached hydrogen (secondary N) is 1. The summed E-state index contributed by atoms with van der Waals surface area (Å²) in [5.41, 5.74) is 2.28. The molecule has 4 heteroatoms. The van der Waals surface area contributed by atoms with E-state index in [1.165, 1.54) is 5.56 Å². The van der Waals surface area contributed by atoms with Crippen molar-refractivity contribution in [2.24, 2.45) is 0 Å². The van der Waals surface area contributed by atoms with Crippen LogP contribution in [0, 0.1) is 0 Å². The average molecular weight is 355 g/mol. The Morgan fingerprint density at radius 2 is 1.90 bits per heavy atom. The fraction of sp³-hybridized carbons (Fsp3) is 0.250. The van der Waals surface area contributed by atoms with E-state index in [0.717, 1.165) is 22.3 Å². The molecule has 2 nitrogen and oxygen atoms in total. The van der Waals surface area contributed by atoms with Gasteiger partial charge >= 0.3 is 0 Å². The van der Waals surface area contributed by atoms with Crippen molar-refractivity contribution in [3.63, 3.8) is 0 Å². The zero-order valence-electron chi connectivity index (χ0n) is 11.5. The second-order valence-corrected chi connectivity index (χ2v) is 5.77. The highest BCUT2D eigenvalue weighted by atomic mass is 79.9. The first-order valence-corrected chi connectivity index (χ1v) is 7.66. The van der Waals surface area contributed by atoms with Crippen molar-refractivity contribution in [1.82, 2.24) is 0 Å². The van der Waals surface area contributed by atoms with Crippen LogP contribution in [0.4, 0.5) is 5.69 Å². The number of hydrogen-bond donors (Lipinski definition) is 1. The van der Waals surface area contributed by atoms with E-state index < -0.39 is 0 Å². The van der Waals surface area contributed by atoms with Crippen LogP contribution in [0.1, 0.15) is 24.9 Å². The Morgan fingerprint density at radius 3 is 2.45 bits per heavy atom. The van der Waals surface area contributed by atoms with Gasteiger partial charge in [-0.25, -0.2) is 0 Å². The number of ether oxygens (including phenoxy) is 1. The van der Waals surface area contributed by atoms with Gasteiger partial charge < -0.3 is 10.1 Å². The molecule has 1 N–H and O–H groups in total. The lowest BCUT2D eigenvalue weighted by Gasteiger charge is -2.19. The number of anilines is 1. The van der Waals surface area contributed by atoms with Crippen LogP contribution < -0.4 is 10.1 Å². The highest BCUT2D eigenvalue weighted by Crippen LogP contribution is 2.29. The normalized spacial score (nSPS) is 12.0. The Labute approximate surface area is 133 Å². The summed E-state index contributed by atoms with van der Waals surface area (Å²) in [6.07, 6.45) is 0.993. The smallest absolute Gasteiger partial charge is 0.118 e. The van der Waals surface area contributed by atoms with Gasteiger partial charge in [0.25, 0.3) is 0 Å². The molecule has 0 heterocycles. The molecular formula is C16H17BrClNO. The summed E-state index contributed by atoms with van der Waals surface area (Å²) >= 11 is 9.46. The van der Waals surface area contributed by atoms with E-state index in [9.17, 15) is 0 Å². The van der Waals surface area contributed by atoms with Gasteiger partial charge in [-0.1, -0.05) is 30.7 Å². The van der Waals surface area contributed by atoms with Crippen molar-refractivity contribution in [3.05, 3.63) is 57.5 Å². The third-order valence-corrected chi connectivity index (χ3v) is 4.40. The SMILES string of the molecule is CCC(Nc1ccc(Cl)c(Br)c1)c1ccc(OC)cc1. The molecule has 0 saturated heterocycles. The van der Waals surface area contributed by atoms with Crippen LogP contribution >= 0.6 is 27.5 Å². The molecule has 0 radical (unpaired) electrons. The van der Waals surface area contributed by atoms with Gasteiger partial charge in [0.15, 0.2) is 0 Å². The second kappa shape index (κ2) is 7.00. The summed E-state index contributed by atoms with van der Waals surface area (Å²) < 4.78 is 6.09. The molecule has 2 aromatic carbocycles. The van der Waals surface area contributed by atoms with Crippen LogP contribution in [0.25, 0.3) is 0 Å². The Kier molecular flexibility index (Phi) is 5.32. The summed E-state index contributed by atoms with van der Waals surface area (Å²) in [6.45, 7) is 2.16. The van der Waals surface area contributed by atoms with Gasteiger partial charge in [-0.3, -0.25) is 0 Å². The number of benzene rings is 2. The predicted octanol–water partition coefficient (Wildman–Crippen LogP) is 5.67. The molecule has 0 aliphatic rings. The molecule has 0 fully saturated rings. The molecule has 1 atom stereocenters. The molecule has 0 aliphatic heterocycles. The summed E-state index contributed by atoms with van der Waals surface area (Å²) in [5, 5.41) is 4.24. The Morgan fingerprint density at radius 1 is 1.20 bits per heavy atom. The average Bonchev–Trinajstić information content (AvgIpc) is 2.48. The largest absolute Gasteiger partial charge is 0.497 e. The molecule has 0 saturated carbocycles. The topological polar surface area (TPSA) is 21.3 Å². The second-order valence-electron chi connectivity index (χ2n) is 4.51. The first-order chi connectivity index (χ1) is 9.63. The van der Waals surface area contributed by atoms with Crippen LogP contribution in [0.2, 0.25) is 5.02 Å². The van der Waals surface area contributed by atoms with E-state index in [2.05, 4.69) is 40.3 Å². The first kappa shape index (κ1) is 15.2. The summed E-state index contributed by atoms with van der Waals surface area (Å²) in [6, 6.07) is 14.3. The summed E-state index contributed by atoms with van der Waals surface area (Å²) in [4.78, 5) is 0.